The Morgan fingerprint density at radius 1 is 1.00 bits per heavy atom. The van der Waals surface area contributed by atoms with Crippen LogP contribution in [0.15, 0.2) is 48.5 Å². The first-order valence-electron chi connectivity index (χ1n) is 14.0. The monoisotopic (exact) mass is 555 g/mol. The fourth-order valence-electron chi connectivity index (χ4n) is 5.36. The summed E-state index contributed by atoms with van der Waals surface area (Å²) in [6, 6.07) is 16.1. The molecule has 2 saturated heterocycles. The Morgan fingerprint density at radius 3 is 2.40 bits per heavy atom. The van der Waals surface area contributed by atoms with Gasteiger partial charge in [0, 0.05) is 51.1 Å². The minimum Gasteiger partial charge on any atom is -0.392 e. The maximum Gasteiger partial charge on any atom is 0.243 e. The van der Waals surface area contributed by atoms with E-state index in [1.54, 1.807) is 12.6 Å². The lowest BCUT2D eigenvalue weighted by Crippen LogP contribution is -2.42. The Bertz CT molecular complexity index is 1080. The summed E-state index contributed by atoms with van der Waals surface area (Å²) in [5.41, 5.74) is 5.33. The van der Waals surface area contributed by atoms with Gasteiger partial charge in [-0.3, -0.25) is 19.7 Å². The van der Waals surface area contributed by atoms with Crippen molar-refractivity contribution in [1.29, 1.82) is 0 Å². The van der Waals surface area contributed by atoms with Crippen LogP contribution >= 0.6 is 0 Å². The zero-order valence-corrected chi connectivity index (χ0v) is 23.1. The zero-order chi connectivity index (χ0) is 28.3. The Labute approximate surface area is 235 Å². The van der Waals surface area contributed by atoms with Crippen LogP contribution in [-0.4, -0.2) is 66.0 Å². The van der Waals surface area contributed by atoms with Crippen molar-refractivity contribution in [3.63, 3.8) is 0 Å². The predicted molar refractivity (Wildman–Crippen MR) is 147 cm³/mol. The van der Waals surface area contributed by atoms with Crippen LogP contribution in [0.1, 0.15) is 73.2 Å². The van der Waals surface area contributed by atoms with Gasteiger partial charge in [0.05, 0.1) is 25.4 Å². The minimum absolute atomic E-state index is 0.00366. The molecule has 2 aromatic carbocycles. The van der Waals surface area contributed by atoms with Crippen LogP contribution in [0.3, 0.4) is 0 Å². The number of carbonyl (C=O) groups is 2. The molecule has 0 unspecified atom stereocenters. The molecule has 2 aliphatic heterocycles. The lowest BCUT2D eigenvalue weighted by molar-refractivity contribution is -0.253. The van der Waals surface area contributed by atoms with E-state index in [9.17, 15) is 14.7 Å². The number of hydrogen-bond acceptors (Lipinski definition) is 8. The summed E-state index contributed by atoms with van der Waals surface area (Å²) in [6.07, 6.45) is 2.98. The molecule has 4 N–H and O–H groups in total. The van der Waals surface area contributed by atoms with Gasteiger partial charge >= 0.3 is 0 Å². The lowest BCUT2D eigenvalue weighted by Gasteiger charge is -2.38. The molecule has 4 rings (SSSR count). The van der Waals surface area contributed by atoms with Gasteiger partial charge in [0.25, 0.3) is 0 Å². The van der Waals surface area contributed by atoms with Gasteiger partial charge in [-0.15, -0.1) is 0 Å². The van der Waals surface area contributed by atoms with Crippen molar-refractivity contribution in [3.05, 3.63) is 70.8 Å². The zero-order valence-electron chi connectivity index (χ0n) is 23.1. The van der Waals surface area contributed by atoms with E-state index in [-0.39, 0.29) is 37.6 Å². The fourth-order valence-corrected chi connectivity index (χ4v) is 5.36. The minimum atomic E-state index is -0.536. The average molecular weight is 556 g/mol. The number of aliphatic hydroxyl groups excluding tert-OH is 1. The summed E-state index contributed by atoms with van der Waals surface area (Å²) in [4.78, 5) is 25.6. The van der Waals surface area contributed by atoms with Gasteiger partial charge < -0.3 is 24.6 Å². The summed E-state index contributed by atoms with van der Waals surface area (Å²) in [5.74, 6) is -0.655. The van der Waals surface area contributed by atoms with Crippen molar-refractivity contribution < 1.29 is 34.1 Å². The van der Waals surface area contributed by atoms with Crippen LogP contribution in [0.5, 0.6) is 0 Å². The van der Waals surface area contributed by atoms with E-state index in [0.717, 1.165) is 54.6 Å². The highest BCUT2D eigenvalue weighted by atomic mass is 16.7. The number of hydroxylamine groups is 1. The number of ether oxygens (including phenoxy) is 3. The molecule has 0 spiro atoms. The summed E-state index contributed by atoms with van der Waals surface area (Å²) < 4.78 is 18.4. The molecule has 0 bridgehead atoms. The molecule has 40 heavy (non-hydrogen) atoms. The molecule has 0 aromatic heterocycles. The van der Waals surface area contributed by atoms with E-state index >= 15 is 0 Å². The van der Waals surface area contributed by atoms with Crippen LogP contribution in [0.2, 0.25) is 0 Å². The molecular formula is C30H41N3O7. The second kappa shape index (κ2) is 15.2. The van der Waals surface area contributed by atoms with E-state index in [2.05, 4.69) is 10.2 Å². The second-order valence-corrected chi connectivity index (χ2v) is 10.5. The molecule has 2 fully saturated rings. The van der Waals surface area contributed by atoms with Crippen molar-refractivity contribution in [2.45, 2.75) is 76.2 Å². The Hall–Kier alpha value is -2.86. The molecule has 0 saturated carbocycles. The van der Waals surface area contributed by atoms with Crippen LogP contribution < -0.4 is 10.8 Å². The van der Waals surface area contributed by atoms with E-state index < -0.39 is 12.2 Å². The molecule has 10 nitrogen and oxygen atoms in total. The molecule has 4 atom stereocenters. The number of rotatable bonds is 13. The molecular weight excluding hydrogens is 514 g/mol. The topological polar surface area (TPSA) is 130 Å². The van der Waals surface area contributed by atoms with Crippen molar-refractivity contribution in [2.24, 2.45) is 0 Å². The number of nitrogens with zero attached hydrogens (tertiary/aromatic N) is 1. The van der Waals surface area contributed by atoms with Gasteiger partial charge in [0.1, 0.15) is 0 Å². The molecule has 10 heteroatoms. The highest BCUT2D eigenvalue weighted by molar-refractivity contribution is 5.78. The smallest absolute Gasteiger partial charge is 0.243 e. The summed E-state index contributed by atoms with van der Waals surface area (Å²) in [6.45, 7) is 2.93. The number of hydrogen-bond donors (Lipinski definition) is 4. The second-order valence-electron chi connectivity index (χ2n) is 10.5. The van der Waals surface area contributed by atoms with E-state index in [4.69, 9.17) is 19.4 Å². The summed E-state index contributed by atoms with van der Waals surface area (Å²) >= 11 is 0. The fraction of sp³-hybridized carbons (Fsp3) is 0.533. The van der Waals surface area contributed by atoms with E-state index in [0.29, 0.717) is 25.6 Å². The Kier molecular flexibility index (Phi) is 11.5. The number of methoxy groups -OCH3 is 1. The Morgan fingerprint density at radius 2 is 1.70 bits per heavy atom. The Balaban J connectivity index is 1.39. The highest BCUT2D eigenvalue weighted by Crippen LogP contribution is 2.38. The number of benzene rings is 2. The molecule has 0 aliphatic carbocycles. The molecule has 2 heterocycles. The van der Waals surface area contributed by atoms with Crippen LogP contribution in [0, 0.1) is 0 Å². The third kappa shape index (κ3) is 8.57. The first kappa shape index (κ1) is 30.1. The first-order chi connectivity index (χ1) is 19.5. The van der Waals surface area contributed by atoms with Crippen molar-refractivity contribution >= 4 is 11.8 Å². The highest BCUT2D eigenvalue weighted by Gasteiger charge is 2.35. The SMILES string of the molecule is COC[C@@H]1CCCN1C[C@@H]1C[C@H](c2ccc(CO)cc2)O[C@H](c2ccc(CNC(=O)CCCC(=O)NO)cc2)O1. The van der Waals surface area contributed by atoms with Gasteiger partial charge in [-0.25, -0.2) is 5.48 Å². The number of amides is 2. The van der Waals surface area contributed by atoms with Crippen LogP contribution in [0.4, 0.5) is 0 Å². The van der Waals surface area contributed by atoms with Crippen molar-refractivity contribution in [2.75, 3.05) is 26.8 Å². The third-order valence-corrected chi connectivity index (χ3v) is 7.59. The molecule has 2 aliphatic rings. The predicted octanol–water partition coefficient (Wildman–Crippen LogP) is 3.13. The summed E-state index contributed by atoms with van der Waals surface area (Å²) in [5, 5.41) is 20.8. The first-order valence-corrected chi connectivity index (χ1v) is 14.0. The van der Waals surface area contributed by atoms with Crippen molar-refractivity contribution in [1.82, 2.24) is 15.7 Å². The maximum absolute atomic E-state index is 12.1. The van der Waals surface area contributed by atoms with Crippen LogP contribution in [-0.2, 0) is 37.0 Å². The van der Waals surface area contributed by atoms with Crippen LogP contribution in [0.25, 0.3) is 0 Å². The normalized spacial score (nSPS) is 23.2. The summed E-state index contributed by atoms with van der Waals surface area (Å²) in [7, 11) is 1.75. The maximum atomic E-state index is 12.1. The quantitative estimate of drug-likeness (QED) is 0.219. The molecule has 2 aromatic rings. The molecule has 2 amide bonds. The van der Waals surface area contributed by atoms with Gasteiger partial charge in [0.15, 0.2) is 6.29 Å². The van der Waals surface area contributed by atoms with Gasteiger partial charge in [-0.05, 0) is 42.5 Å². The third-order valence-electron chi connectivity index (χ3n) is 7.59. The van der Waals surface area contributed by atoms with E-state index in [1.807, 2.05) is 48.5 Å². The van der Waals surface area contributed by atoms with Gasteiger partial charge in [-0.1, -0.05) is 48.5 Å². The van der Waals surface area contributed by atoms with Crippen molar-refractivity contribution in [3.8, 4) is 0 Å². The number of carbonyl (C=O) groups excluding carboxylic acids is 2. The van der Waals surface area contributed by atoms with E-state index in [1.165, 1.54) is 0 Å². The molecule has 0 radical (unpaired) electrons. The standard InChI is InChI=1S/C30H41N3O7/c1-38-20-25-4-3-15-33(25)18-26-16-27(23-11-9-22(19-34)10-12-23)40-30(39-26)24-13-7-21(8-14-24)17-31-28(35)5-2-6-29(36)32-37/h7-14,25-27,30,34,37H,2-6,15-20H2,1H3,(H,31,35)(H,32,36)/t25-,26-,27+,30+/m0/s1. The molecule has 218 valence electrons. The number of nitrogens with one attached hydrogen (secondary N) is 2. The number of aliphatic hydroxyl groups is 1. The van der Waals surface area contributed by atoms with Gasteiger partial charge in [0.2, 0.25) is 11.8 Å². The lowest BCUT2D eigenvalue weighted by atomic mass is 9.99. The largest absolute Gasteiger partial charge is 0.392 e. The number of likely N-dealkylation sites (tertiary alicyclic amines) is 1. The average Bonchev–Trinajstić information content (AvgIpc) is 3.42. The van der Waals surface area contributed by atoms with Gasteiger partial charge in [-0.2, -0.15) is 0 Å².